The summed E-state index contributed by atoms with van der Waals surface area (Å²) in [7, 11) is 3.21. The van der Waals surface area contributed by atoms with E-state index in [2.05, 4.69) is 5.32 Å². The molecule has 166 valence electrons. The fourth-order valence-electron chi connectivity index (χ4n) is 4.33. The molecule has 1 saturated heterocycles. The van der Waals surface area contributed by atoms with Crippen molar-refractivity contribution in [3.05, 3.63) is 18.2 Å². The van der Waals surface area contributed by atoms with Crippen LogP contribution in [0.4, 0.5) is 0 Å². The van der Waals surface area contributed by atoms with Crippen molar-refractivity contribution < 1.29 is 23.8 Å². The Bertz CT molecular complexity index is 687. The maximum absolute atomic E-state index is 12.5. The Labute approximate surface area is 179 Å². The van der Waals surface area contributed by atoms with E-state index < -0.39 is 0 Å². The molecule has 3 rings (SSSR count). The Morgan fingerprint density at radius 3 is 2.23 bits per heavy atom. The number of nitrogens with zero attached hydrogens (tertiary/aromatic N) is 1. The van der Waals surface area contributed by atoms with Crippen molar-refractivity contribution >= 4 is 11.8 Å². The first-order chi connectivity index (χ1) is 14.6. The minimum atomic E-state index is -0.0275. The maximum Gasteiger partial charge on any atom is 0.241 e. The molecule has 1 aliphatic heterocycles. The summed E-state index contributed by atoms with van der Waals surface area (Å²) in [5.74, 6) is 2.31. The van der Waals surface area contributed by atoms with Crippen LogP contribution in [0.3, 0.4) is 0 Å². The molecule has 1 N–H and O–H groups in total. The predicted molar refractivity (Wildman–Crippen MR) is 114 cm³/mol. The minimum Gasteiger partial charge on any atom is -0.493 e. The van der Waals surface area contributed by atoms with Gasteiger partial charge in [0.05, 0.1) is 20.8 Å². The second-order valence-corrected chi connectivity index (χ2v) is 8.17. The average Bonchev–Trinajstić information content (AvgIpc) is 2.78. The zero-order valence-electron chi connectivity index (χ0n) is 18.2. The molecular weight excluding hydrogens is 384 g/mol. The van der Waals surface area contributed by atoms with Gasteiger partial charge in [-0.3, -0.25) is 9.59 Å². The number of methoxy groups -OCH3 is 2. The highest BCUT2D eigenvalue weighted by molar-refractivity contribution is 5.84. The molecule has 1 aromatic carbocycles. The zero-order valence-corrected chi connectivity index (χ0v) is 18.2. The van der Waals surface area contributed by atoms with Crippen LogP contribution in [-0.2, 0) is 9.59 Å². The Balaban J connectivity index is 1.42. The third-order valence-electron chi connectivity index (χ3n) is 6.10. The van der Waals surface area contributed by atoms with Crippen LogP contribution in [0.5, 0.6) is 17.2 Å². The van der Waals surface area contributed by atoms with Crippen molar-refractivity contribution in [2.75, 3.05) is 33.9 Å². The standard InChI is InChI=1S/C23H34N2O5/c1-28-19-9-6-10-20(29-2)23(19)30-18-11-13-25(14-12-18)22(27)16-24-21(26)15-17-7-4-3-5-8-17/h6,9-10,17-18H,3-5,7-8,11-16H2,1-2H3,(H,24,26). The van der Waals surface area contributed by atoms with Crippen LogP contribution in [0.15, 0.2) is 18.2 Å². The number of carbonyl (C=O) groups is 2. The van der Waals surface area contributed by atoms with Gasteiger partial charge in [0.1, 0.15) is 6.10 Å². The number of hydrogen-bond acceptors (Lipinski definition) is 5. The van der Waals surface area contributed by atoms with Gasteiger partial charge in [-0.05, 0) is 30.9 Å². The van der Waals surface area contributed by atoms with E-state index in [-0.39, 0.29) is 24.5 Å². The fourth-order valence-corrected chi connectivity index (χ4v) is 4.33. The van der Waals surface area contributed by atoms with Crippen molar-refractivity contribution in [1.82, 2.24) is 10.2 Å². The summed E-state index contributed by atoms with van der Waals surface area (Å²) in [5.41, 5.74) is 0. The van der Waals surface area contributed by atoms with Gasteiger partial charge in [-0.15, -0.1) is 0 Å². The summed E-state index contributed by atoms with van der Waals surface area (Å²) in [6.07, 6.45) is 7.96. The van der Waals surface area contributed by atoms with Crippen molar-refractivity contribution in [3.63, 3.8) is 0 Å². The first-order valence-corrected chi connectivity index (χ1v) is 11.0. The molecule has 1 aliphatic carbocycles. The summed E-state index contributed by atoms with van der Waals surface area (Å²) in [5, 5.41) is 2.81. The molecule has 2 fully saturated rings. The van der Waals surface area contributed by atoms with Crippen molar-refractivity contribution in [3.8, 4) is 17.2 Å². The second kappa shape index (κ2) is 11.1. The second-order valence-electron chi connectivity index (χ2n) is 8.17. The first kappa shape index (κ1) is 22.2. The average molecular weight is 419 g/mol. The molecule has 2 aliphatic rings. The Morgan fingerprint density at radius 2 is 1.63 bits per heavy atom. The van der Waals surface area contributed by atoms with Crippen LogP contribution in [0.2, 0.25) is 0 Å². The summed E-state index contributed by atoms with van der Waals surface area (Å²) < 4.78 is 16.9. The highest BCUT2D eigenvalue weighted by Crippen LogP contribution is 2.38. The maximum atomic E-state index is 12.5. The molecule has 7 nitrogen and oxygen atoms in total. The molecule has 0 spiro atoms. The number of benzene rings is 1. The van der Waals surface area contributed by atoms with Gasteiger partial charge in [0.15, 0.2) is 11.5 Å². The van der Waals surface area contributed by atoms with E-state index in [0.29, 0.717) is 42.7 Å². The van der Waals surface area contributed by atoms with Gasteiger partial charge in [0, 0.05) is 32.4 Å². The molecule has 0 aromatic heterocycles. The smallest absolute Gasteiger partial charge is 0.241 e. The number of hydrogen-bond donors (Lipinski definition) is 1. The van der Waals surface area contributed by atoms with Gasteiger partial charge in [0.25, 0.3) is 0 Å². The summed E-state index contributed by atoms with van der Waals surface area (Å²) in [6, 6.07) is 5.54. The molecule has 1 saturated carbocycles. The quantitative estimate of drug-likeness (QED) is 0.702. The van der Waals surface area contributed by atoms with Crippen LogP contribution >= 0.6 is 0 Å². The minimum absolute atomic E-state index is 0.00302. The lowest BCUT2D eigenvalue weighted by molar-refractivity contribution is -0.134. The lowest BCUT2D eigenvalue weighted by Crippen LogP contribution is -2.46. The number of rotatable bonds is 8. The van der Waals surface area contributed by atoms with E-state index in [1.165, 1.54) is 19.3 Å². The lowest BCUT2D eigenvalue weighted by Gasteiger charge is -2.32. The normalized spacial score (nSPS) is 18.0. The van der Waals surface area contributed by atoms with Crippen LogP contribution in [-0.4, -0.2) is 56.7 Å². The number of amides is 2. The number of nitrogens with one attached hydrogen (secondary N) is 1. The number of piperidine rings is 1. The highest BCUT2D eigenvalue weighted by atomic mass is 16.5. The SMILES string of the molecule is COc1cccc(OC)c1OC1CCN(C(=O)CNC(=O)CC2CCCCC2)CC1. The van der Waals surface area contributed by atoms with E-state index in [4.69, 9.17) is 14.2 Å². The molecule has 0 radical (unpaired) electrons. The van der Waals surface area contributed by atoms with Crippen molar-refractivity contribution in [1.29, 1.82) is 0 Å². The Kier molecular flexibility index (Phi) is 8.22. The van der Waals surface area contributed by atoms with E-state index >= 15 is 0 Å². The lowest BCUT2D eigenvalue weighted by atomic mass is 9.87. The van der Waals surface area contributed by atoms with Crippen LogP contribution in [0.25, 0.3) is 0 Å². The topological polar surface area (TPSA) is 77.1 Å². The summed E-state index contributed by atoms with van der Waals surface area (Å²) in [6.45, 7) is 1.30. The largest absolute Gasteiger partial charge is 0.493 e. The fraction of sp³-hybridized carbons (Fsp3) is 0.652. The summed E-state index contributed by atoms with van der Waals surface area (Å²) in [4.78, 5) is 26.4. The third kappa shape index (κ3) is 6.03. The highest BCUT2D eigenvalue weighted by Gasteiger charge is 2.26. The number of para-hydroxylation sites is 1. The molecule has 30 heavy (non-hydrogen) atoms. The van der Waals surface area contributed by atoms with Crippen LogP contribution < -0.4 is 19.5 Å². The van der Waals surface area contributed by atoms with Crippen molar-refractivity contribution in [2.24, 2.45) is 5.92 Å². The Hall–Kier alpha value is -2.44. The molecule has 2 amide bonds. The number of carbonyl (C=O) groups excluding carboxylic acids is 2. The van der Waals surface area contributed by atoms with E-state index in [9.17, 15) is 9.59 Å². The van der Waals surface area contributed by atoms with E-state index in [1.807, 2.05) is 18.2 Å². The predicted octanol–water partition coefficient (Wildman–Crippen LogP) is 3.16. The van der Waals surface area contributed by atoms with E-state index in [1.54, 1.807) is 19.1 Å². The van der Waals surface area contributed by atoms with Crippen LogP contribution in [0.1, 0.15) is 51.4 Å². The zero-order chi connectivity index (χ0) is 21.3. The number of likely N-dealkylation sites (tertiary alicyclic amines) is 1. The first-order valence-electron chi connectivity index (χ1n) is 11.0. The van der Waals surface area contributed by atoms with Gasteiger partial charge in [-0.1, -0.05) is 25.3 Å². The third-order valence-corrected chi connectivity index (χ3v) is 6.10. The molecule has 1 aromatic rings. The molecular formula is C23H34N2O5. The van der Waals surface area contributed by atoms with Gasteiger partial charge in [0.2, 0.25) is 17.6 Å². The molecule has 0 bridgehead atoms. The van der Waals surface area contributed by atoms with Gasteiger partial charge in [-0.2, -0.15) is 0 Å². The van der Waals surface area contributed by atoms with Gasteiger partial charge in [-0.25, -0.2) is 0 Å². The molecule has 7 heteroatoms. The monoisotopic (exact) mass is 418 g/mol. The summed E-state index contributed by atoms with van der Waals surface area (Å²) >= 11 is 0. The van der Waals surface area contributed by atoms with Gasteiger partial charge >= 0.3 is 0 Å². The molecule has 1 heterocycles. The molecule has 0 atom stereocenters. The molecule has 0 unspecified atom stereocenters. The Morgan fingerprint density at radius 1 is 1.00 bits per heavy atom. The van der Waals surface area contributed by atoms with Crippen molar-refractivity contribution in [2.45, 2.75) is 57.5 Å². The van der Waals surface area contributed by atoms with Crippen LogP contribution in [0, 0.1) is 5.92 Å². The van der Waals surface area contributed by atoms with Gasteiger partial charge < -0.3 is 24.4 Å². The number of ether oxygens (including phenoxy) is 3. The van der Waals surface area contributed by atoms with E-state index in [0.717, 1.165) is 25.7 Å².